The van der Waals surface area contributed by atoms with Crippen molar-refractivity contribution >= 4 is 29.0 Å². The number of nitrogens with one attached hydrogen (secondary N) is 1. The zero-order chi connectivity index (χ0) is 12.3. The third kappa shape index (κ3) is 3.06. The summed E-state index contributed by atoms with van der Waals surface area (Å²) in [5.41, 5.74) is 12.9. The molecule has 0 spiro atoms. The second-order valence-corrected chi connectivity index (χ2v) is 5.60. The minimum absolute atomic E-state index is 0.116. The summed E-state index contributed by atoms with van der Waals surface area (Å²) in [5.74, 6) is 1.08. The Labute approximate surface area is 105 Å². The standard InChI is InChI=1S/C12H17N3OS/c13-8-3-4-10(11(14)6-8)12(16)15-7-9-2-1-5-17-9/h3-4,6,9H,1-2,5,7,13-14H2,(H,15,16). The molecule has 1 aliphatic heterocycles. The third-order valence-corrected chi connectivity index (χ3v) is 4.23. The van der Waals surface area contributed by atoms with Crippen molar-refractivity contribution in [2.45, 2.75) is 18.1 Å². The Balaban J connectivity index is 1.94. The Bertz CT molecular complexity index is 416. The molecule has 4 nitrogen and oxygen atoms in total. The summed E-state index contributed by atoms with van der Waals surface area (Å²) in [6.07, 6.45) is 2.43. The van der Waals surface area contributed by atoms with Gasteiger partial charge in [-0.2, -0.15) is 11.8 Å². The van der Waals surface area contributed by atoms with Gasteiger partial charge < -0.3 is 16.8 Å². The molecule has 0 bridgehead atoms. The van der Waals surface area contributed by atoms with Crippen LogP contribution in [0, 0.1) is 0 Å². The van der Waals surface area contributed by atoms with Crippen LogP contribution in [0.4, 0.5) is 11.4 Å². The molecule has 2 rings (SSSR count). The Kier molecular flexibility index (Phi) is 3.78. The smallest absolute Gasteiger partial charge is 0.253 e. The van der Waals surface area contributed by atoms with Crippen LogP contribution in [0.3, 0.4) is 0 Å². The number of rotatable bonds is 3. The number of hydrogen-bond acceptors (Lipinski definition) is 4. The van der Waals surface area contributed by atoms with Crippen LogP contribution in [-0.4, -0.2) is 23.5 Å². The van der Waals surface area contributed by atoms with Gasteiger partial charge in [0.1, 0.15) is 0 Å². The molecule has 5 N–H and O–H groups in total. The highest BCUT2D eigenvalue weighted by Gasteiger charge is 2.17. The molecular weight excluding hydrogens is 234 g/mol. The number of carbonyl (C=O) groups is 1. The van der Waals surface area contributed by atoms with E-state index in [0.29, 0.717) is 28.7 Å². The zero-order valence-electron chi connectivity index (χ0n) is 9.61. The van der Waals surface area contributed by atoms with Crippen molar-refractivity contribution in [1.82, 2.24) is 5.32 Å². The molecule has 1 heterocycles. The predicted molar refractivity (Wildman–Crippen MR) is 73.1 cm³/mol. The normalized spacial score (nSPS) is 19.2. The lowest BCUT2D eigenvalue weighted by Crippen LogP contribution is -2.30. The number of benzene rings is 1. The fourth-order valence-corrected chi connectivity index (χ4v) is 3.10. The first kappa shape index (κ1) is 12.1. The fraction of sp³-hybridized carbons (Fsp3) is 0.417. The molecule has 1 amide bonds. The maximum Gasteiger partial charge on any atom is 0.253 e. The van der Waals surface area contributed by atoms with Gasteiger partial charge in [0, 0.05) is 23.2 Å². The average Bonchev–Trinajstić information content (AvgIpc) is 2.78. The van der Waals surface area contributed by atoms with E-state index in [0.717, 1.165) is 0 Å². The van der Waals surface area contributed by atoms with E-state index in [4.69, 9.17) is 11.5 Å². The van der Waals surface area contributed by atoms with Crippen LogP contribution in [0.15, 0.2) is 18.2 Å². The molecule has 92 valence electrons. The Hall–Kier alpha value is -1.36. The number of anilines is 2. The van der Waals surface area contributed by atoms with E-state index in [1.54, 1.807) is 18.2 Å². The summed E-state index contributed by atoms with van der Waals surface area (Å²) in [7, 11) is 0. The molecule has 5 heteroatoms. The maximum atomic E-state index is 11.9. The van der Waals surface area contributed by atoms with Gasteiger partial charge in [0.2, 0.25) is 0 Å². The van der Waals surface area contributed by atoms with Crippen LogP contribution < -0.4 is 16.8 Å². The highest BCUT2D eigenvalue weighted by Crippen LogP contribution is 2.25. The summed E-state index contributed by atoms with van der Waals surface area (Å²) in [6.45, 7) is 0.716. The van der Waals surface area contributed by atoms with Crippen molar-refractivity contribution in [2.75, 3.05) is 23.8 Å². The third-order valence-electron chi connectivity index (χ3n) is 2.83. The first-order valence-electron chi connectivity index (χ1n) is 5.71. The Morgan fingerprint density at radius 1 is 1.47 bits per heavy atom. The Morgan fingerprint density at radius 3 is 2.94 bits per heavy atom. The van der Waals surface area contributed by atoms with Gasteiger partial charge in [0.05, 0.1) is 5.56 Å². The fourth-order valence-electron chi connectivity index (χ4n) is 1.90. The second-order valence-electron chi connectivity index (χ2n) is 4.19. The van der Waals surface area contributed by atoms with Crippen LogP contribution in [0.5, 0.6) is 0 Å². The quantitative estimate of drug-likeness (QED) is 0.711. The molecule has 1 atom stereocenters. The molecule has 1 aromatic rings. The summed E-state index contributed by atoms with van der Waals surface area (Å²) in [6, 6.07) is 4.97. The van der Waals surface area contributed by atoms with Crippen molar-refractivity contribution < 1.29 is 4.79 Å². The van der Waals surface area contributed by atoms with Crippen molar-refractivity contribution in [2.24, 2.45) is 0 Å². The maximum absolute atomic E-state index is 11.9. The van der Waals surface area contributed by atoms with Gasteiger partial charge in [-0.1, -0.05) is 0 Å². The van der Waals surface area contributed by atoms with Gasteiger partial charge in [0.25, 0.3) is 5.91 Å². The zero-order valence-corrected chi connectivity index (χ0v) is 10.4. The van der Waals surface area contributed by atoms with Gasteiger partial charge in [-0.05, 0) is 36.8 Å². The molecule has 1 fully saturated rings. The van der Waals surface area contributed by atoms with Crippen LogP contribution in [-0.2, 0) is 0 Å². The summed E-state index contributed by atoms with van der Waals surface area (Å²) in [4.78, 5) is 11.9. The first-order chi connectivity index (χ1) is 8.16. The van der Waals surface area contributed by atoms with Crippen molar-refractivity contribution in [3.05, 3.63) is 23.8 Å². The van der Waals surface area contributed by atoms with Gasteiger partial charge >= 0.3 is 0 Å². The molecule has 1 aliphatic rings. The average molecular weight is 251 g/mol. The van der Waals surface area contributed by atoms with E-state index in [2.05, 4.69) is 5.32 Å². The minimum Gasteiger partial charge on any atom is -0.399 e. The predicted octanol–water partition coefficient (Wildman–Crippen LogP) is 1.48. The van der Waals surface area contributed by atoms with Crippen LogP contribution >= 0.6 is 11.8 Å². The molecule has 0 aliphatic carbocycles. The van der Waals surface area contributed by atoms with E-state index in [1.165, 1.54) is 18.6 Å². The van der Waals surface area contributed by atoms with Gasteiger partial charge in [-0.15, -0.1) is 0 Å². The number of nitrogens with two attached hydrogens (primary N) is 2. The minimum atomic E-state index is -0.116. The highest BCUT2D eigenvalue weighted by molar-refractivity contribution is 8.00. The molecule has 0 radical (unpaired) electrons. The lowest BCUT2D eigenvalue weighted by molar-refractivity contribution is 0.0954. The summed E-state index contributed by atoms with van der Waals surface area (Å²) >= 11 is 1.92. The lowest BCUT2D eigenvalue weighted by Gasteiger charge is -2.11. The molecule has 1 aromatic carbocycles. The van der Waals surface area contributed by atoms with Crippen LogP contribution in [0.25, 0.3) is 0 Å². The van der Waals surface area contributed by atoms with Crippen LogP contribution in [0.2, 0.25) is 0 Å². The SMILES string of the molecule is Nc1ccc(C(=O)NCC2CCCS2)c(N)c1. The Morgan fingerprint density at radius 2 is 2.29 bits per heavy atom. The van der Waals surface area contributed by atoms with Crippen LogP contribution in [0.1, 0.15) is 23.2 Å². The van der Waals surface area contributed by atoms with E-state index in [1.807, 2.05) is 11.8 Å². The van der Waals surface area contributed by atoms with E-state index < -0.39 is 0 Å². The molecule has 1 saturated heterocycles. The van der Waals surface area contributed by atoms with Crippen molar-refractivity contribution in [3.8, 4) is 0 Å². The summed E-state index contributed by atoms with van der Waals surface area (Å²) < 4.78 is 0. The molecule has 0 saturated carbocycles. The van der Waals surface area contributed by atoms with Gasteiger partial charge in [0.15, 0.2) is 0 Å². The first-order valence-corrected chi connectivity index (χ1v) is 6.76. The molecule has 17 heavy (non-hydrogen) atoms. The topological polar surface area (TPSA) is 81.1 Å². The molecular formula is C12H17N3OS. The van der Waals surface area contributed by atoms with E-state index in [9.17, 15) is 4.79 Å². The number of amides is 1. The number of nitrogen functional groups attached to an aromatic ring is 2. The van der Waals surface area contributed by atoms with E-state index in [-0.39, 0.29) is 5.91 Å². The van der Waals surface area contributed by atoms with Gasteiger partial charge in [-0.3, -0.25) is 4.79 Å². The highest BCUT2D eigenvalue weighted by atomic mass is 32.2. The monoisotopic (exact) mass is 251 g/mol. The summed E-state index contributed by atoms with van der Waals surface area (Å²) in [5, 5.41) is 3.47. The van der Waals surface area contributed by atoms with E-state index >= 15 is 0 Å². The number of carbonyl (C=O) groups excluding carboxylic acids is 1. The number of hydrogen-bond donors (Lipinski definition) is 3. The largest absolute Gasteiger partial charge is 0.399 e. The number of thioether (sulfide) groups is 1. The molecule has 0 aromatic heterocycles. The molecule has 1 unspecified atom stereocenters. The second kappa shape index (κ2) is 5.31. The van der Waals surface area contributed by atoms with Gasteiger partial charge in [-0.25, -0.2) is 0 Å². The van der Waals surface area contributed by atoms with Crippen molar-refractivity contribution in [1.29, 1.82) is 0 Å². The lowest BCUT2D eigenvalue weighted by atomic mass is 10.1. The van der Waals surface area contributed by atoms with Crippen molar-refractivity contribution in [3.63, 3.8) is 0 Å².